The molecule has 0 radical (unpaired) electrons. The molecule has 0 atom stereocenters. The lowest BCUT2D eigenvalue weighted by atomic mass is 10.2. The van der Waals surface area contributed by atoms with Crippen molar-refractivity contribution < 1.29 is 23.9 Å². The van der Waals surface area contributed by atoms with Crippen LogP contribution in [0.15, 0.2) is 79.1 Å². The second-order valence-corrected chi connectivity index (χ2v) is 7.66. The molecule has 0 unspecified atom stereocenters. The van der Waals surface area contributed by atoms with Crippen molar-refractivity contribution in [1.29, 1.82) is 0 Å². The zero-order valence-electron chi connectivity index (χ0n) is 18.2. The number of rotatable bonds is 7. The van der Waals surface area contributed by atoms with Gasteiger partial charge in [-0.25, -0.2) is 9.59 Å². The van der Waals surface area contributed by atoms with Gasteiger partial charge in [0.05, 0.1) is 16.1 Å². The lowest BCUT2D eigenvalue weighted by Gasteiger charge is -2.11. The van der Waals surface area contributed by atoms with Crippen LogP contribution < -0.4 is 15.4 Å². The van der Waals surface area contributed by atoms with Crippen molar-refractivity contribution in [3.8, 4) is 5.75 Å². The van der Waals surface area contributed by atoms with Crippen LogP contribution >= 0.6 is 11.6 Å². The van der Waals surface area contributed by atoms with Crippen LogP contribution in [-0.4, -0.2) is 34.5 Å². The first-order valence-electron chi connectivity index (χ1n) is 10.4. The highest BCUT2D eigenvalue weighted by Gasteiger charge is 2.13. The first-order chi connectivity index (χ1) is 17.0. The molecular formula is C25H19ClN4O5. The maximum atomic E-state index is 12.4. The van der Waals surface area contributed by atoms with Gasteiger partial charge in [-0.05, 0) is 42.0 Å². The number of carbonyl (C=O) groups excluding carboxylic acids is 3. The Morgan fingerprint density at radius 3 is 2.43 bits per heavy atom. The fourth-order valence-corrected chi connectivity index (χ4v) is 3.29. The molecule has 0 fully saturated rings. The Kier molecular flexibility index (Phi) is 7.49. The molecule has 3 amide bonds. The van der Waals surface area contributed by atoms with Crippen molar-refractivity contribution in [1.82, 2.24) is 15.3 Å². The SMILES string of the molecule is O=C(NC(=O)c1ccc2nccnc2c1)Nc1ccc(OCC(=O)OCc2ccccc2)c(Cl)c1. The number of nitrogens with one attached hydrogen (secondary N) is 2. The van der Waals surface area contributed by atoms with E-state index in [0.717, 1.165) is 5.56 Å². The van der Waals surface area contributed by atoms with Gasteiger partial charge >= 0.3 is 12.0 Å². The second kappa shape index (κ2) is 11.1. The minimum absolute atomic E-state index is 0.139. The number of nitrogens with zero attached hydrogens (tertiary/aromatic N) is 2. The number of anilines is 1. The summed E-state index contributed by atoms with van der Waals surface area (Å²) in [4.78, 5) is 44.8. The molecule has 0 saturated heterocycles. The standard InChI is InChI=1S/C25H19ClN4O5/c26-19-13-18(7-9-22(19)34-15-23(31)35-14-16-4-2-1-3-5-16)29-25(33)30-24(32)17-6-8-20-21(12-17)28-11-10-27-20/h1-13H,14-15H2,(H2,29,30,32,33). The molecule has 2 N–H and O–H groups in total. The number of fused-ring (bicyclic) bond motifs is 1. The monoisotopic (exact) mass is 490 g/mol. The maximum absolute atomic E-state index is 12.4. The van der Waals surface area contributed by atoms with Crippen LogP contribution in [0.3, 0.4) is 0 Å². The normalized spacial score (nSPS) is 10.4. The predicted molar refractivity (Wildman–Crippen MR) is 129 cm³/mol. The summed E-state index contributed by atoms with van der Waals surface area (Å²) >= 11 is 6.20. The van der Waals surface area contributed by atoms with Gasteiger partial charge in [-0.15, -0.1) is 0 Å². The third kappa shape index (κ3) is 6.52. The maximum Gasteiger partial charge on any atom is 0.344 e. The molecule has 9 nitrogen and oxygen atoms in total. The van der Waals surface area contributed by atoms with Gasteiger partial charge in [0, 0.05) is 23.6 Å². The minimum atomic E-state index is -0.747. The molecule has 0 saturated carbocycles. The number of esters is 1. The fourth-order valence-electron chi connectivity index (χ4n) is 3.05. The van der Waals surface area contributed by atoms with Gasteiger partial charge in [0.2, 0.25) is 0 Å². The summed E-state index contributed by atoms with van der Waals surface area (Å²) < 4.78 is 10.6. The predicted octanol–water partition coefficient (Wildman–Crippen LogP) is 4.37. The molecule has 0 aliphatic heterocycles. The lowest BCUT2D eigenvalue weighted by molar-refractivity contribution is -0.147. The van der Waals surface area contributed by atoms with Crippen LogP contribution in [0.4, 0.5) is 10.5 Å². The molecule has 176 valence electrons. The van der Waals surface area contributed by atoms with E-state index in [4.69, 9.17) is 21.1 Å². The van der Waals surface area contributed by atoms with Gasteiger partial charge in [-0.2, -0.15) is 0 Å². The van der Waals surface area contributed by atoms with Gasteiger partial charge < -0.3 is 14.8 Å². The molecule has 3 aromatic carbocycles. The minimum Gasteiger partial charge on any atom is -0.480 e. The Morgan fingerprint density at radius 1 is 0.886 bits per heavy atom. The third-order valence-corrected chi connectivity index (χ3v) is 5.03. The third-order valence-electron chi connectivity index (χ3n) is 4.74. The number of imide groups is 1. The average Bonchev–Trinajstić information content (AvgIpc) is 2.87. The first-order valence-corrected chi connectivity index (χ1v) is 10.8. The number of aromatic nitrogens is 2. The van der Waals surface area contributed by atoms with Crippen LogP contribution in [0.2, 0.25) is 5.02 Å². The Labute approximate surface area is 205 Å². The Morgan fingerprint density at radius 2 is 1.66 bits per heavy atom. The van der Waals surface area contributed by atoms with E-state index in [0.29, 0.717) is 16.7 Å². The van der Waals surface area contributed by atoms with Crippen molar-refractivity contribution >= 4 is 46.2 Å². The van der Waals surface area contributed by atoms with E-state index in [-0.39, 0.29) is 29.5 Å². The first kappa shape index (κ1) is 23.7. The van der Waals surface area contributed by atoms with E-state index in [9.17, 15) is 14.4 Å². The second-order valence-electron chi connectivity index (χ2n) is 7.25. The highest BCUT2D eigenvalue weighted by molar-refractivity contribution is 6.32. The van der Waals surface area contributed by atoms with E-state index >= 15 is 0 Å². The molecule has 0 spiro atoms. The molecule has 0 aliphatic rings. The quantitative estimate of drug-likeness (QED) is 0.369. The molecule has 4 aromatic rings. The molecule has 0 aliphatic carbocycles. The van der Waals surface area contributed by atoms with Crippen molar-refractivity contribution in [3.05, 3.63) is 95.3 Å². The molecule has 0 bridgehead atoms. The summed E-state index contributed by atoms with van der Waals surface area (Å²) in [7, 11) is 0. The molecule has 35 heavy (non-hydrogen) atoms. The van der Waals surface area contributed by atoms with Crippen molar-refractivity contribution in [2.45, 2.75) is 6.61 Å². The number of urea groups is 1. The number of hydrogen-bond acceptors (Lipinski definition) is 7. The Hall–Kier alpha value is -4.50. The van der Waals surface area contributed by atoms with Crippen molar-refractivity contribution in [2.75, 3.05) is 11.9 Å². The number of ether oxygens (including phenoxy) is 2. The van der Waals surface area contributed by atoms with E-state index in [2.05, 4.69) is 20.6 Å². The zero-order chi connectivity index (χ0) is 24.6. The number of hydrogen-bond donors (Lipinski definition) is 2. The van der Waals surface area contributed by atoms with Gasteiger partial charge in [-0.1, -0.05) is 41.9 Å². The summed E-state index contributed by atoms with van der Waals surface area (Å²) in [6.45, 7) is -0.190. The summed E-state index contributed by atoms with van der Waals surface area (Å²) in [5, 5.41) is 4.92. The number of benzene rings is 3. The van der Waals surface area contributed by atoms with Crippen LogP contribution in [0.5, 0.6) is 5.75 Å². The Bertz CT molecular complexity index is 1380. The Balaban J connectivity index is 1.27. The fraction of sp³-hybridized carbons (Fsp3) is 0.0800. The van der Waals surface area contributed by atoms with Crippen molar-refractivity contribution in [2.24, 2.45) is 0 Å². The van der Waals surface area contributed by atoms with Gasteiger partial charge in [-0.3, -0.25) is 20.1 Å². The van der Waals surface area contributed by atoms with Crippen LogP contribution in [0.1, 0.15) is 15.9 Å². The van der Waals surface area contributed by atoms with Crippen LogP contribution in [-0.2, 0) is 16.1 Å². The van der Waals surface area contributed by atoms with E-state index in [1.807, 2.05) is 30.3 Å². The number of carbonyl (C=O) groups is 3. The van der Waals surface area contributed by atoms with Gasteiger partial charge in [0.25, 0.3) is 5.91 Å². The van der Waals surface area contributed by atoms with Gasteiger partial charge in [0.15, 0.2) is 6.61 Å². The lowest BCUT2D eigenvalue weighted by Crippen LogP contribution is -2.34. The number of halogens is 1. The van der Waals surface area contributed by atoms with Crippen LogP contribution in [0.25, 0.3) is 11.0 Å². The molecule has 10 heteroatoms. The molecular weight excluding hydrogens is 472 g/mol. The molecule has 1 heterocycles. The van der Waals surface area contributed by atoms with Crippen molar-refractivity contribution in [3.63, 3.8) is 0 Å². The largest absolute Gasteiger partial charge is 0.480 e. The topological polar surface area (TPSA) is 120 Å². The highest BCUT2D eigenvalue weighted by Crippen LogP contribution is 2.27. The zero-order valence-corrected chi connectivity index (χ0v) is 19.0. The summed E-state index contributed by atoms with van der Waals surface area (Å²) in [6, 6.07) is 17.7. The summed E-state index contributed by atoms with van der Waals surface area (Å²) in [5.41, 5.74) is 2.61. The van der Waals surface area contributed by atoms with E-state index in [1.54, 1.807) is 24.4 Å². The smallest absolute Gasteiger partial charge is 0.344 e. The molecule has 1 aromatic heterocycles. The summed E-state index contributed by atoms with van der Waals surface area (Å²) in [5.74, 6) is -0.914. The number of amides is 3. The highest BCUT2D eigenvalue weighted by atomic mass is 35.5. The summed E-state index contributed by atoms with van der Waals surface area (Å²) in [6.07, 6.45) is 3.07. The van der Waals surface area contributed by atoms with Gasteiger partial charge in [0.1, 0.15) is 12.4 Å². The molecule has 4 rings (SSSR count). The average molecular weight is 491 g/mol. The van der Waals surface area contributed by atoms with Crippen LogP contribution in [0, 0.1) is 0 Å². The van der Waals surface area contributed by atoms with E-state index < -0.39 is 17.9 Å². The van der Waals surface area contributed by atoms with E-state index in [1.165, 1.54) is 24.4 Å².